The number of hydrogen-bond acceptors (Lipinski definition) is 4. The van der Waals surface area contributed by atoms with Crippen LogP contribution in [0.25, 0.3) is 0 Å². The second-order valence-corrected chi connectivity index (χ2v) is 6.71. The smallest absolute Gasteiger partial charge is 0.159 e. The van der Waals surface area contributed by atoms with Crippen LogP contribution in [0.4, 0.5) is 5.82 Å². The maximum absolute atomic E-state index is 6.00. The summed E-state index contributed by atoms with van der Waals surface area (Å²) in [5, 5.41) is 12.4. The van der Waals surface area contributed by atoms with Gasteiger partial charge in [0.25, 0.3) is 0 Å². The molecule has 1 aromatic rings. The lowest BCUT2D eigenvalue weighted by molar-refractivity contribution is 0.564. The van der Waals surface area contributed by atoms with Crippen LogP contribution < -0.4 is 11.1 Å². The molecule has 0 bridgehead atoms. The van der Waals surface area contributed by atoms with Gasteiger partial charge in [-0.1, -0.05) is 26.1 Å². The zero-order chi connectivity index (χ0) is 15.0. The summed E-state index contributed by atoms with van der Waals surface area (Å²) in [6.45, 7) is 4.22. The largest absolute Gasteiger partial charge is 0.389 e. The Labute approximate surface area is 131 Å². The number of rotatable bonds is 7. The van der Waals surface area contributed by atoms with Crippen LogP contribution in [-0.4, -0.2) is 21.2 Å². The first-order valence-corrected chi connectivity index (χ1v) is 8.51. The van der Waals surface area contributed by atoms with Crippen molar-refractivity contribution in [3.05, 3.63) is 16.8 Å². The number of nitrogens with zero attached hydrogens (tertiary/aromatic N) is 2. The van der Waals surface area contributed by atoms with Crippen LogP contribution in [0.2, 0.25) is 0 Å². The summed E-state index contributed by atoms with van der Waals surface area (Å²) in [6, 6.07) is 0.532. The van der Waals surface area contributed by atoms with Gasteiger partial charge in [0, 0.05) is 6.04 Å². The molecule has 2 fully saturated rings. The summed E-state index contributed by atoms with van der Waals surface area (Å²) in [5.41, 5.74) is 9.09. The predicted octanol–water partition coefficient (Wildman–Crippen LogP) is 2.84. The van der Waals surface area contributed by atoms with Gasteiger partial charge in [0.1, 0.15) is 4.99 Å². The standard InChI is InChI=1S/C16H24N4S/c1-3-11-12(4-2)19-20-16(13(11)15(17)21)18-14(9-5-6-9)10-7-8-10/h9-10,14H,3-8H2,1-2H3,(H2,17,21)(H,18,20). The molecule has 4 nitrogen and oxygen atoms in total. The van der Waals surface area contributed by atoms with E-state index in [1.165, 1.54) is 25.7 Å². The molecule has 0 radical (unpaired) electrons. The molecule has 114 valence electrons. The SMILES string of the molecule is CCc1nnc(NC(C2CC2)C2CC2)c(C(N)=S)c1CC. The van der Waals surface area contributed by atoms with Crippen molar-refractivity contribution >= 4 is 23.0 Å². The first-order chi connectivity index (χ1) is 10.2. The van der Waals surface area contributed by atoms with E-state index in [0.717, 1.165) is 47.3 Å². The zero-order valence-electron chi connectivity index (χ0n) is 12.9. The van der Waals surface area contributed by atoms with Crippen LogP contribution in [0, 0.1) is 11.8 Å². The van der Waals surface area contributed by atoms with Crippen molar-refractivity contribution in [1.29, 1.82) is 0 Å². The molecule has 3 rings (SSSR count). The maximum Gasteiger partial charge on any atom is 0.159 e. The molecule has 2 saturated carbocycles. The van der Waals surface area contributed by atoms with Crippen LogP contribution >= 0.6 is 12.2 Å². The average Bonchev–Trinajstić information content (AvgIpc) is 3.36. The minimum atomic E-state index is 0.435. The molecule has 0 atom stereocenters. The molecule has 2 aliphatic rings. The summed E-state index contributed by atoms with van der Waals surface area (Å²) in [5.74, 6) is 2.41. The maximum atomic E-state index is 6.00. The van der Waals surface area contributed by atoms with Gasteiger partial charge in [0.15, 0.2) is 5.82 Å². The van der Waals surface area contributed by atoms with Crippen LogP contribution in [0.3, 0.4) is 0 Å². The van der Waals surface area contributed by atoms with Crippen molar-refractivity contribution in [2.45, 2.75) is 58.4 Å². The third-order valence-corrected chi connectivity index (χ3v) is 4.86. The third-order valence-electron chi connectivity index (χ3n) is 4.66. The number of anilines is 1. The first-order valence-electron chi connectivity index (χ1n) is 8.10. The van der Waals surface area contributed by atoms with Gasteiger partial charge in [-0.3, -0.25) is 0 Å². The van der Waals surface area contributed by atoms with E-state index in [9.17, 15) is 0 Å². The van der Waals surface area contributed by atoms with Crippen LogP contribution in [0.15, 0.2) is 0 Å². The van der Waals surface area contributed by atoms with Crippen LogP contribution in [-0.2, 0) is 12.8 Å². The van der Waals surface area contributed by atoms with E-state index in [4.69, 9.17) is 18.0 Å². The molecule has 1 aromatic heterocycles. The van der Waals surface area contributed by atoms with Gasteiger partial charge in [-0.15, -0.1) is 5.10 Å². The summed E-state index contributed by atoms with van der Waals surface area (Å²) in [6.07, 6.45) is 7.07. The van der Waals surface area contributed by atoms with Crippen LogP contribution in [0.5, 0.6) is 0 Å². The highest BCUT2D eigenvalue weighted by Gasteiger charge is 2.42. The molecule has 0 aromatic carbocycles. The van der Waals surface area contributed by atoms with Crippen molar-refractivity contribution in [2.24, 2.45) is 17.6 Å². The Bertz CT molecular complexity index is 537. The van der Waals surface area contributed by atoms with E-state index >= 15 is 0 Å². The van der Waals surface area contributed by atoms with E-state index < -0.39 is 0 Å². The van der Waals surface area contributed by atoms with E-state index in [1.54, 1.807) is 0 Å². The fourth-order valence-electron chi connectivity index (χ4n) is 3.23. The van der Waals surface area contributed by atoms with Gasteiger partial charge in [-0.25, -0.2) is 0 Å². The molecule has 0 saturated heterocycles. The minimum Gasteiger partial charge on any atom is -0.389 e. The van der Waals surface area contributed by atoms with Crippen molar-refractivity contribution in [2.75, 3.05) is 5.32 Å². The lowest BCUT2D eigenvalue weighted by Crippen LogP contribution is -2.28. The number of aryl methyl sites for hydroxylation is 1. The van der Waals surface area contributed by atoms with E-state index in [-0.39, 0.29) is 0 Å². The summed E-state index contributed by atoms with van der Waals surface area (Å²) in [7, 11) is 0. The number of nitrogens with two attached hydrogens (primary N) is 1. The monoisotopic (exact) mass is 304 g/mol. The number of nitrogens with one attached hydrogen (secondary N) is 1. The highest BCUT2D eigenvalue weighted by molar-refractivity contribution is 7.80. The molecule has 2 aliphatic carbocycles. The van der Waals surface area contributed by atoms with Gasteiger partial charge in [-0.05, 0) is 55.9 Å². The quantitative estimate of drug-likeness (QED) is 0.758. The number of aromatic nitrogens is 2. The number of hydrogen-bond donors (Lipinski definition) is 2. The lowest BCUT2D eigenvalue weighted by Gasteiger charge is -2.22. The first kappa shape index (κ1) is 14.7. The topological polar surface area (TPSA) is 63.8 Å². The molecule has 1 heterocycles. The molecule has 0 amide bonds. The molecular weight excluding hydrogens is 280 g/mol. The Kier molecular flexibility index (Phi) is 4.11. The molecule has 5 heteroatoms. The van der Waals surface area contributed by atoms with Crippen LogP contribution in [0.1, 0.15) is 56.4 Å². The molecule has 0 unspecified atom stereocenters. The second-order valence-electron chi connectivity index (χ2n) is 6.27. The lowest BCUT2D eigenvalue weighted by atomic mass is 10.0. The fraction of sp³-hybridized carbons (Fsp3) is 0.688. The van der Waals surface area contributed by atoms with E-state index in [2.05, 4.69) is 29.4 Å². The zero-order valence-corrected chi connectivity index (χ0v) is 13.7. The average molecular weight is 304 g/mol. The van der Waals surface area contributed by atoms with Gasteiger partial charge >= 0.3 is 0 Å². The Balaban J connectivity index is 1.94. The molecule has 0 aliphatic heterocycles. The normalized spacial score (nSPS) is 18.0. The Morgan fingerprint density at radius 2 is 1.81 bits per heavy atom. The second kappa shape index (κ2) is 5.87. The molecular formula is C16H24N4S. The predicted molar refractivity (Wildman–Crippen MR) is 89.5 cm³/mol. The van der Waals surface area contributed by atoms with Crippen molar-refractivity contribution in [3.63, 3.8) is 0 Å². The summed E-state index contributed by atoms with van der Waals surface area (Å²) >= 11 is 5.30. The van der Waals surface area contributed by atoms with E-state index in [0.29, 0.717) is 11.0 Å². The van der Waals surface area contributed by atoms with Gasteiger partial charge in [-0.2, -0.15) is 5.10 Å². The minimum absolute atomic E-state index is 0.435. The van der Waals surface area contributed by atoms with Crippen molar-refractivity contribution in [1.82, 2.24) is 10.2 Å². The Hall–Kier alpha value is -1.23. The van der Waals surface area contributed by atoms with Crippen molar-refractivity contribution < 1.29 is 0 Å². The highest BCUT2D eigenvalue weighted by atomic mass is 32.1. The Morgan fingerprint density at radius 1 is 1.19 bits per heavy atom. The molecule has 21 heavy (non-hydrogen) atoms. The highest BCUT2D eigenvalue weighted by Crippen LogP contribution is 2.46. The van der Waals surface area contributed by atoms with Gasteiger partial charge in [0.2, 0.25) is 0 Å². The van der Waals surface area contributed by atoms with Gasteiger partial charge in [0.05, 0.1) is 11.3 Å². The van der Waals surface area contributed by atoms with Crippen molar-refractivity contribution in [3.8, 4) is 0 Å². The Morgan fingerprint density at radius 3 is 2.24 bits per heavy atom. The van der Waals surface area contributed by atoms with E-state index in [1.807, 2.05) is 0 Å². The number of thiocarbonyl (C=S) groups is 1. The summed E-state index contributed by atoms with van der Waals surface area (Å²) in [4.78, 5) is 0.435. The molecule has 0 spiro atoms. The third kappa shape index (κ3) is 3.03. The fourth-order valence-corrected chi connectivity index (χ4v) is 3.45. The van der Waals surface area contributed by atoms with Gasteiger partial charge < -0.3 is 11.1 Å². The molecule has 3 N–H and O–H groups in total. The summed E-state index contributed by atoms with van der Waals surface area (Å²) < 4.78 is 0.